The van der Waals surface area contributed by atoms with Crippen molar-refractivity contribution < 1.29 is 31.3 Å². The van der Waals surface area contributed by atoms with Crippen molar-refractivity contribution in [3.05, 3.63) is 35.4 Å². The van der Waals surface area contributed by atoms with E-state index in [9.17, 15) is 22.0 Å². The molecule has 0 radical (unpaired) electrons. The fourth-order valence-corrected chi connectivity index (χ4v) is 7.04. The molecule has 4 aliphatic rings. The Morgan fingerprint density at radius 3 is 2.32 bits per heavy atom. The molecule has 172 valence electrons. The summed E-state index contributed by atoms with van der Waals surface area (Å²) in [7, 11) is -5.85. The third kappa shape index (κ3) is 4.13. The zero-order chi connectivity index (χ0) is 22.5. The molecule has 4 bridgehead atoms. The van der Waals surface area contributed by atoms with Crippen LogP contribution in [0.1, 0.15) is 69.4 Å². The highest BCUT2D eigenvalue weighted by Gasteiger charge is 2.60. The van der Waals surface area contributed by atoms with Crippen molar-refractivity contribution in [2.75, 3.05) is 6.61 Å². The fourth-order valence-electron chi connectivity index (χ4n) is 6.77. The maximum atomic E-state index is 13.6. The molecule has 4 aliphatic carbocycles. The highest BCUT2D eigenvalue weighted by Crippen LogP contribution is 2.65. The van der Waals surface area contributed by atoms with Crippen molar-refractivity contribution in [3.8, 4) is 0 Å². The van der Waals surface area contributed by atoms with E-state index in [1.54, 1.807) is 0 Å². The Hall–Kier alpha value is -1.54. The van der Waals surface area contributed by atoms with Gasteiger partial charge in [-0.3, -0.25) is 4.55 Å². The molecule has 0 heterocycles. The average Bonchev–Trinajstić information content (AvgIpc) is 2.69. The number of unbranched alkanes of at least 4 members (excludes halogenated alkanes) is 1. The van der Waals surface area contributed by atoms with Crippen LogP contribution in [-0.4, -0.2) is 30.8 Å². The maximum absolute atomic E-state index is 13.6. The van der Waals surface area contributed by atoms with Gasteiger partial charge in [0.2, 0.25) is 0 Å². The lowest BCUT2D eigenvalue weighted by Crippen LogP contribution is -2.56. The van der Waals surface area contributed by atoms with Crippen molar-refractivity contribution in [2.45, 2.75) is 75.4 Å². The van der Waals surface area contributed by atoms with Crippen LogP contribution in [0.15, 0.2) is 24.3 Å². The number of rotatable bonds is 8. The van der Waals surface area contributed by atoms with E-state index in [1.807, 2.05) is 0 Å². The van der Waals surface area contributed by atoms with E-state index in [0.717, 1.165) is 57.8 Å². The van der Waals surface area contributed by atoms with Crippen LogP contribution < -0.4 is 0 Å². The summed E-state index contributed by atoms with van der Waals surface area (Å²) in [5.41, 5.74) is 2.11. The molecule has 0 amide bonds. The first-order valence-electron chi connectivity index (χ1n) is 11.1. The molecule has 4 fully saturated rings. The van der Waals surface area contributed by atoms with Crippen LogP contribution in [0.25, 0.3) is 0 Å². The zero-order valence-corrected chi connectivity index (χ0v) is 18.6. The Kier molecular flexibility index (Phi) is 5.70. The van der Waals surface area contributed by atoms with Gasteiger partial charge < -0.3 is 4.74 Å². The Labute approximate surface area is 182 Å². The van der Waals surface area contributed by atoms with E-state index in [4.69, 9.17) is 9.29 Å². The van der Waals surface area contributed by atoms with Gasteiger partial charge in [0.05, 0.1) is 6.61 Å². The van der Waals surface area contributed by atoms with Gasteiger partial charge in [-0.25, -0.2) is 4.79 Å². The smallest absolute Gasteiger partial charge is 0.460 e. The normalized spacial score (nSPS) is 32.3. The summed E-state index contributed by atoms with van der Waals surface area (Å²) < 4.78 is 62.5. The largest absolute Gasteiger partial charge is 0.465 e. The second-order valence-electron chi connectivity index (χ2n) is 10.1. The molecule has 1 aromatic carbocycles. The van der Waals surface area contributed by atoms with Crippen LogP contribution in [0.3, 0.4) is 0 Å². The number of aryl methyl sites for hydroxylation is 1. The molecule has 5 nitrogen and oxygen atoms in total. The van der Waals surface area contributed by atoms with Crippen LogP contribution >= 0.6 is 0 Å². The number of ether oxygens (including phenoxy) is 1. The van der Waals surface area contributed by atoms with Gasteiger partial charge in [0, 0.05) is 5.41 Å². The lowest BCUT2D eigenvalue weighted by Gasteiger charge is -2.62. The van der Waals surface area contributed by atoms with E-state index < -0.39 is 26.8 Å². The number of alkyl halides is 2. The van der Waals surface area contributed by atoms with Gasteiger partial charge in [-0.1, -0.05) is 37.6 Å². The van der Waals surface area contributed by atoms with Crippen molar-refractivity contribution in [1.82, 2.24) is 0 Å². The predicted octanol–water partition coefficient (Wildman–Crippen LogP) is 4.89. The van der Waals surface area contributed by atoms with E-state index in [0.29, 0.717) is 11.8 Å². The molecule has 5 rings (SSSR count). The second kappa shape index (κ2) is 7.80. The van der Waals surface area contributed by atoms with Gasteiger partial charge in [0.1, 0.15) is 0 Å². The summed E-state index contributed by atoms with van der Waals surface area (Å²) in [4.78, 5) is 11.8. The third-order valence-corrected chi connectivity index (χ3v) is 8.45. The number of carbonyl (C=O) groups is 1. The number of benzene rings is 1. The van der Waals surface area contributed by atoms with E-state index in [2.05, 4.69) is 31.2 Å². The van der Waals surface area contributed by atoms with Crippen LogP contribution in [0, 0.1) is 17.3 Å². The van der Waals surface area contributed by atoms with E-state index in [-0.39, 0.29) is 12.0 Å². The average molecular weight is 457 g/mol. The highest BCUT2D eigenvalue weighted by atomic mass is 32.2. The minimum atomic E-state index is -5.85. The molecular formula is C23H30F2O5S. The number of hydrogen-bond donors (Lipinski definition) is 1. The predicted molar refractivity (Wildman–Crippen MR) is 111 cm³/mol. The Balaban J connectivity index is 1.53. The van der Waals surface area contributed by atoms with Crippen molar-refractivity contribution in [2.24, 2.45) is 17.3 Å². The second-order valence-corrected chi connectivity index (χ2v) is 11.6. The van der Waals surface area contributed by atoms with Crippen LogP contribution in [0.2, 0.25) is 0 Å². The lowest BCUT2D eigenvalue weighted by molar-refractivity contribution is -0.173. The SMILES string of the molecule is CCCCc1ccc(C23CC4CC(CC(COC(=O)C(F)(F)S(=O)(=O)O)(C4)C2)C3)cc1. The summed E-state index contributed by atoms with van der Waals surface area (Å²) in [6, 6.07) is 8.76. The molecule has 1 N–H and O–H groups in total. The lowest BCUT2D eigenvalue weighted by atomic mass is 9.43. The van der Waals surface area contributed by atoms with E-state index in [1.165, 1.54) is 11.1 Å². The first kappa shape index (κ1) is 22.6. The first-order chi connectivity index (χ1) is 14.5. The molecule has 0 saturated heterocycles. The van der Waals surface area contributed by atoms with Crippen LogP contribution in [0.5, 0.6) is 0 Å². The summed E-state index contributed by atoms with van der Waals surface area (Å²) in [5.74, 6) is -1.30. The van der Waals surface area contributed by atoms with Crippen molar-refractivity contribution in [1.29, 1.82) is 0 Å². The standard InChI is InChI=1S/C23H30F2O5S/c1-2-3-4-16-5-7-19(8-6-16)22-12-17-9-18(13-22)11-21(10-17,14-22)15-30-20(26)23(24,25)31(27,28)29/h5-8,17-18H,2-4,9-15H2,1H3,(H,27,28,29). The number of esters is 1. The molecule has 0 spiro atoms. The van der Waals surface area contributed by atoms with Gasteiger partial charge in [-0.15, -0.1) is 0 Å². The molecule has 1 aromatic rings. The quantitative estimate of drug-likeness (QED) is 0.445. The zero-order valence-electron chi connectivity index (χ0n) is 17.8. The fraction of sp³-hybridized carbons (Fsp3) is 0.696. The molecule has 2 atom stereocenters. The van der Waals surface area contributed by atoms with Crippen molar-refractivity contribution in [3.63, 3.8) is 0 Å². The molecule has 2 unspecified atom stereocenters. The van der Waals surface area contributed by atoms with Crippen molar-refractivity contribution >= 4 is 16.1 Å². The number of halogens is 2. The monoisotopic (exact) mass is 456 g/mol. The maximum Gasteiger partial charge on any atom is 0.465 e. The summed E-state index contributed by atoms with van der Waals surface area (Å²) >= 11 is 0. The third-order valence-electron chi connectivity index (χ3n) is 7.64. The minimum absolute atomic E-state index is 0.0502. The molecule has 0 aliphatic heterocycles. The Morgan fingerprint density at radius 2 is 1.77 bits per heavy atom. The molecule has 0 aromatic heterocycles. The Bertz CT molecular complexity index is 927. The summed E-state index contributed by atoms with van der Waals surface area (Å²) in [6.45, 7) is 1.93. The number of hydrogen-bond acceptors (Lipinski definition) is 4. The molecule has 31 heavy (non-hydrogen) atoms. The van der Waals surface area contributed by atoms with Crippen LogP contribution in [-0.2, 0) is 31.5 Å². The van der Waals surface area contributed by atoms with Gasteiger partial charge in [-0.05, 0) is 79.7 Å². The van der Waals surface area contributed by atoms with Gasteiger partial charge in [0.25, 0.3) is 0 Å². The topological polar surface area (TPSA) is 80.7 Å². The minimum Gasteiger partial charge on any atom is -0.460 e. The molecular weight excluding hydrogens is 426 g/mol. The van der Waals surface area contributed by atoms with Gasteiger partial charge in [0.15, 0.2) is 0 Å². The van der Waals surface area contributed by atoms with Crippen LogP contribution in [0.4, 0.5) is 8.78 Å². The van der Waals surface area contributed by atoms with Gasteiger partial charge >= 0.3 is 21.3 Å². The molecule has 8 heteroatoms. The van der Waals surface area contributed by atoms with E-state index >= 15 is 0 Å². The Morgan fingerprint density at radius 1 is 1.16 bits per heavy atom. The van der Waals surface area contributed by atoms with Gasteiger partial charge in [-0.2, -0.15) is 17.2 Å². The highest BCUT2D eigenvalue weighted by molar-refractivity contribution is 7.87. The summed E-state index contributed by atoms with van der Waals surface area (Å²) in [5, 5.41) is -4.94. The first-order valence-corrected chi connectivity index (χ1v) is 12.5. The molecule has 4 saturated carbocycles. The summed E-state index contributed by atoms with van der Waals surface area (Å²) in [6.07, 6.45) is 8.89. The number of carbonyl (C=O) groups excluding carboxylic acids is 1.